The number of benzene rings is 2. The number of aliphatic imine (C=N–C) groups is 1. The summed E-state index contributed by atoms with van der Waals surface area (Å²) in [4.78, 5) is 29.1. The molecule has 27 heavy (non-hydrogen) atoms. The van der Waals surface area contributed by atoms with Crippen LogP contribution in [0.5, 0.6) is 5.75 Å². The molecule has 0 bridgehead atoms. The lowest BCUT2D eigenvalue weighted by atomic mass is 10.2. The number of cyclic esters (lactones) is 1. The molecule has 1 aromatic heterocycles. The van der Waals surface area contributed by atoms with Crippen molar-refractivity contribution < 1.29 is 19.1 Å². The van der Waals surface area contributed by atoms with Gasteiger partial charge in [-0.25, -0.2) is 14.6 Å². The average molecular weight is 375 g/mol. The molecule has 1 aliphatic heterocycles. The van der Waals surface area contributed by atoms with Crippen LogP contribution in [-0.2, 0) is 9.53 Å². The summed E-state index contributed by atoms with van der Waals surface area (Å²) in [5.74, 6) is -0.179. The normalized spacial score (nSPS) is 14.7. The van der Waals surface area contributed by atoms with Crippen molar-refractivity contribution in [3.63, 3.8) is 0 Å². The lowest BCUT2D eigenvalue weighted by Gasteiger charge is -2.04. The van der Waals surface area contributed by atoms with Gasteiger partial charge in [0, 0.05) is 0 Å². The zero-order valence-electron chi connectivity index (χ0n) is 14.0. The molecule has 132 valence electrons. The third-order valence-corrected chi connectivity index (χ3v) is 4.61. The fourth-order valence-corrected chi connectivity index (χ4v) is 3.09. The van der Waals surface area contributed by atoms with Crippen molar-refractivity contribution in [1.29, 1.82) is 0 Å². The van der Waals surface area contributed by atoms with Gasteiger partial charge in [0.05, 0.1) is 10.4 Å². The van der Waals surface area contributed by atoms with Crippen molar-refractivity contribution in [3.8, 4) is 5.75 Å². The number of carbonyl (C=O) groups is 2. The molecule has 0 unspecified atom stereocenters. The highest BCUT2D eigenvalue weighted by molar-refractivity contribution is 7.12. The van der Waals surface area contributed by atoms with Crippen molar-refractivity contribution in [2.45, 2.75) is 0 Å². The van der Waals surface area contributed by atoms with Gasteiger partial charge in [-0.3, -0.25) is 0 Å². The quantitative estimate of drug-likeness (QED) is 0.387. The van der Waals surface area contributed by atoms with Crippen molar-refractivity contribution in [1.82, 2.24) is 0 Å². The highest BCUT2D eigenvalue weighted by Gasteiger charge is 2.24. The maximum absolute atomic E-state index is 12.1. The van der Waals surface area contributed by atoms with E-state index in [-0.39, 0.29) is 5.70 Å². The zero-order chi connectivity index (χ0) is 18.6. The molecule has 0 amide bonds. The zero-order valence-corrected chi connectivity index (χ0v) is 14.8. The third-order valence-electron chi connectivity index (χ3n) is 3.76. The summed E-state index contributed by atoms with van der Waals surface area (Å²) in [5.41, 5.74) is 1.46. The minimum Gasteiger partial charge on any atom is -0.423 e. The van der Waals surface area contributed by atoms with E-state index in [9.17, 15) is 9.59 Å². The average Bonchev–Trinajstić information content (AvgIpc) is 3.34. The second-order valence-electron chi connectivity index (χ2n) is 5.64. The van der Waals surface area contributed by atoms with Crippen molar-refractivity contribution in [3.05, 3.63) is 93.8 Å². The molecule has 6 heteroatoms. The Labute approximate surface area is 159 Å². The molecule has 0 saturated heterocycles. The SMILES string of the molecule is O=C1OC(c2cccs2)=NC1=Cc1ccc(OC(=O)c2ccccc2)cc1. The summed E-state index contributed by atoms with van der Waals surface area (Å²) < 4.78 is 10.5. The summed E-state index contributed by atoms with van der Waals surface area (Å²) in [6.07, 6.45) is 1.63. The monoisotopic (exact) mass is 375 g/mol. The minimum absolute atomic E-state index is 0.229. The van der Waals surface area contributed by atoms with Gasteiger partial charge >= 0.3 is 11.9 Å². The number of rotatable bonds is 4. The molecule has 2 heterocycles. The molecule has 0 fully saturated rings. The van der Waals surface area contributed by atoms with Crippen molar-refractivity contribution in [2.75, 3.05) is 0 Å². The van der Waals surface area contributed by atoms with E-state index >= 15 is 0 Å². The Balaban J connectivity index is 1.48. The molecular weight excluding hydrogens is 362 g/mol. The van der Waals surface area contributed by atoms with Crippen molar-refractivity contribution in [2.24, 2.45) is 4.99 Å². The summed E-state index contributed by atoms with van der Waals surface area (Å²) in [7, 11) is 0. The second kappa shape index (κ2) is 7.39. The van der Waals surface area contributed by atoms with Crippen LogP contribution in [0.1, 0.15) is 20.8 Å². The number of hydrogen-bond donors (Lipinski definition) is 0. The first-order valence-corrected chi connectivity index (χ1v) is 9.01. The minimum atomic E-state index is -0.488. The molecule has 0 radical (unpaired) electrons. The van der Waals surface area contributed by atoms with Crippen LogP contribution in [0.15, 0.2) is 82.8 Å². The fraction of sp³-hybridized carbons (Fsp3) is 0. The maximum Gasteiger partial charge on any atom is 0.363 e. The highest BCUT2D eigenvalue weighted by atomic mass is 32.1. The summed E-state index contributed by atoms with van der Waals surface area (Å²) >= 11 is 1.45. The topological polar surface area (TPSA) is 65.0 Å². The molecule has 0 atom stereocenters. The van der Waals surface area contributed by atoms with Crippen LogP contribution in [0.2, 0.25) is 0 Å². The van der Waals surface area contributed by atoms with E-state index in [1.807, 2.05) is 23.6 Å². The molecular formula is C21H13NO4S. The predicted octanol–water partition coefficient (Wildman–Crippen LogP) is 4.31. The van der Waals surface area contributed by atoms with Crippen LogP contribution < -0.4 is 4.74 Å². The number of ether oxygens (including phenoxy) is 2. The molecule has 0 aliphatic carbocycles. The summed E-state index contributed by atoms with van der Waals surface area (Å²) in [5, 5.41) is 1.89. The van der Waals surface area contributed by atoms with Crippen molar-refractivity contribution >= 4 is 35.2 Å². The molecule has 4 rings (SSSR count). The van der Waals surface area contributed by atoms with Gasteiger partial charge in [-0.2, -0.15) is 0 Å². The van der Waals surface area contributed by atoms with E-state index in [1.54, 1.807) is 54.6 Å². The van der Waals surface area contributed by atoms with Crippen LogP contribution in [0.3, 0.4) is 0 Å². The Morgan fingerprint density at radius 2 is 1.78 bits per heavy atom. The lowest BCUT2D eigenvalue weighted by molar-refractivity contribution is -0.129. The van der Waals surface area contributed by atoms with E-state index in [4.69, 9.17) is 9.47 Å². The van der Waals surface area contributed by atoms with Gasteiger partial charge in [0.2, 0.25) is 5.90 Å². The van der Waals surface area contributed by atoms with E-state index in [2.05, 4.69) is 4.99 Å². The van der Waals surface area contributed by atoms with Crippen LogP contribution in [0.25, 0.3) is 6.08 Å². The summed E-state index contributed by atoms with van der Waals surface area (Å²) in [6.45, 7) is 0. The third kappa shape index (κ3) is 3.86. The van der Waals surface area contributed by atoms with E-state index in [0.717, 1.165) is 10.4 Å². The fourth-order valence-electron chi connectivity index (χ4n) is 2.44. The van der Waals surface area contributed by atoms with E-state index < -0.39 is 11.9 Å². The van der Waals surface area contributed by atoms with Gasteiger partial charge in [0.1, 0.15) is 5.75 Å². The number of carbonyl (C=O) groups excluding carboxylic acids is 2. The Hall–Kier alpha value is -3.51. The van der Waals surface area contributed by atoms with Gasteiger partial charge < -0.3 is 9.47 Å². The Kier molecular flexibility index (Phi) is 4.63. The number of esters is 2. The molecule has 0 saturated carbocycles. The van der Waals surface area contributed by atoms with Crippen LogP contribution in [0.4, 0.5) is 0 Å². The first-order chi connectivity index (χ1) is 13.2. The molecule has 5 nitrogen and oxygen atoms in total. The number of nitrogens with zero attached hydrogens (tertiary/aromatic N) is 1. The molecule has 2 aromatic carbocycles. The Bertz CT molecular complexity index is 1040. The summed E-state index contributed by atoms with van der Waals surface area (Å²) in [6, 6.07) is 19.3. The number of hydrogen-bond acceptors (Lipinski definition) is 6. The van der Waals surface area contributed by atoms with Crippen LogP contribution in [-0.4, -0.2) is 17.8 Å². The van der Waals surface area contributed by atoms with E-state index in [0.29, 0.717) is 17.2 Å². The molecule has 1 aliphatic rings. The standard InChI is InChI=1S/C21H13NO4S/c23-20(15-5-2-1-3-6-15)25-16-10-8-14(9-11-16)13-17-21(24)26-19(22-17)18-7-4-12-27-18/h1-13H. The Morgan fingerprint density at radius 3 is 2.48 bits per heavy atom. The maximum atomic E-state index is 12.1. The molecule has 0 N–H and O–H groups in total. The van der Waals surface area contributed by atoms with Gasteiger partial charge in [0.25, 0.3) is 0 Å². The second-order valence-corrected chi connectivity index (χ2v) is 6.59. The Morgan fingerprint density at radius 1 is 1.00 bits per heavy atom. The van der Waals surface area contributed by atoms with Crippen LogP contribution in [0, 0.1) is 0 Å². The first kappa shape index (κ1) is 16.9. The van der Waals surface area contributed by atoms with Crippen LogP contribution >= 0.6 is 11.3 Å². The smallest absolute Gasteiger partial charge is 0.363 e. The molecule has 3 aromatic rings. The van der Waals surface area contributed by atoms with Gasteiger partial charge in [0.15, 0.2) is 5.70 Å². The number of thiophene rings is 1. The molecule has 0 spiro atoms. The van der Waals surface area contributed by atoms with Gasteiger partial charge in [-0.15, -0.1) is 11.3 Å². The first-order valence-electron chi connectivity index (χ1n) is 8.13. The largest absolute Gasteiger partial charge is 0.423 e. The highest BCUT2D eigenvalue weighted by Crippen LogP contribution is 2.22. The van der Waals surface area contributed by atoms with Gasteiger partial charge in [-0.1, -0.05) is 36.4 Å². The van der Waals surface area contributed by atoms with Gasteiger partial charge in [-0.05, 0) is 47.4 Å². The predicted molar refractivity (Wildman–Crippen MR) is 103 cm³/mol. The van der Waals surface area contributed by atoms with E-state index in [1.165, 1.54) is 11.3 Å². The lowest BCUT2D eigenvalue weighted by Crippen LogP contribution is -2.07.